The summed E-state index contributed by atoms with van der Waals surface area (Å²) in [4.78, 5) is 0. The first-order valence-corrected chi connectivity index (χ1v) is 9.33. The molecule has 116 valence electrons. The van der Waals surface area contributed by atoms with E-state index in [9.17, 15) is 8.42 Å². The molecular weight excluding hydrogens is 274 g/mol. The number of fused-ring (bicyclic) bond motifs is 1. The summed E-state index contributed by atoms with van der Waals surface area (Å²) >= 11 is 0. The number of hydrogen-bond donors (Lipinski definition) is 1. The van der Waals surface area contributed by atoms with Gasteiger partial charge in [-0.2, -0.15) is 0 Å². The van der Waals surface area contributed by atoms with Crippen LogP contribution in [0.3, 0.4) is 0 Å². The van der Waals surface area contributed by atoms with E-state index in [1.54, 1.807) is 0 Å². The van der Waals surface area contributed by atoms with Crippen molar-refractivity contribution in [2.75, 3.05) is 13.2 Å². The Balaban J connectivity index is 2.12. The van der Waals surface area contributed by atoms with Crippen LogP contribution in [0.2, 0.25) is 0 Å². The molecule has 1 aliphatic heterocycles. The Kier molecular flexibility index (Phi) is 5.26. The second-order valence-corrected chi connectivity index (χ2v) is 7.91. The lowest BCUT2D eigenvalue weighted by atomic mass is 9.72. The van der Waals surface area contributed by atoms with Crippen molar-refractivity contribution in [1.82, 2.24) is 4.72 Å². The minimum Gasteiger partial charge on any atom is -0.381 e. The molecule has 2 aliphatic rings. The van der Waals surface area contributed by atoms with Crippen LogP contribution >= 0.6 is 0 Å². The number of unbranched alkanes of at least 4 members (excludes halogenated alkanes) is 1. The van der Waals surface area contributed by atoms with Crippen molar-refractivity contribution >= 4 is 10.0 Å². The standard InChI is InChI=1S/C15H27NO3S/c1-4-6-9-19-10-13-12(5-2)7-8-14-15(13)11(3)16-20(14,17)18/h7-8,11-16H,4-6,9-10H2,1-3H3/t11-,12-,13+,14+,15+/m1/s1. The van der Waals surface area contributed by atoms with E-state index in [2.05, 4.69) is 24.6 Å². The average molecular weight is 301 g/mol. The van der Waals surface area contributed by atoms with Gasteiger partial charge in [-0.1, -0.05) is 32.4 Å². The van der Waals surface area contributed by atoms with E-state index < -0.39 is 10.0 Å². The van der Waals surface area contributed by atoms with Gasteiger partial charge in [-0.3, -0.25) is 0 Å². The fourth-order valence-corrected chi connectivity index (χ4v) is 5.55. The molecule has 0 bridgehead atoms. The van der Waals surface area contributed by atoms with E-state index in [-0.39, 0.29) is 17.2 Å². The van der Waals surface area contributed by atoms with Crippen LogP contribution in [0.5, 0.6) is 0 Å². The number of rotatable bonds is 6. The van der Waals surface area contributed by atoms with Crippen molar-refractivity contribution in [2.45, 2.75) is 51.3 Å². The molecule has 1 N–H and O–H groups in total. The molecule has 0 spiro atoms. The van der Waals surface area contributed by atoms with E-state index >= 15 is 0 Å². The number of allylic oxidation sites excluding steroid dienone is 1. The molecule has 0 unspecified atom stereocenters. The summed E-state index contributed by atoms with van der Waals surface area (Å²) in [5, 5.41) is -0.375. The van der Waals surface area contributed by atoms with Gasteiger partial charge in [-0.15, -0.1) is 0 Å². The third kappa shape index (κ3) is 3.10. The summed E-state index contributed by atoms with van der Waals surface area (Å²) < 4.78 is 32.8. The van der Waals surface area contributed by atoms with Gasteiger partial charge in [0, 0.05) is 18.6 Å². The molecule has 0 aromatic heterocycles. The molecule has 2 rings (SSSR count). The fourth-order valence-electron chi connectivity index (χ4n) is 3.57. The molecule has 0 aromatic rings. The van der Waals surface area contributed by atoms with Gasteiger partial charge in [0.2, 0.25) is 10.0 Å². The molecule has 1 saturated heterocycles. The predicted octanol–water partition coefficient (Wildman–Crippen LogP) is 2.32. The number of ether oxygens (including phenoxy) is 1. The average Bonchev–Trinajstić information content (AvgIpc) is 2.65. The maximum Gasteiger partial charge on any atom is 0.218 e. The lowest BCUT2D eigenvalue weighted by Gasteiger charge is -2.36. The highest BCUT2D eigenvalue weighted by molar-refractivity contribution is 7.90. The minimum atomic E-state index is -3.19. The Hall–Kier alpha value is -0.390. The van der Waals surface area contributed by atoms with E-state index in [1.165, 1.54) is 0 Å². The third-order valence-electron chi connectivity index (χ3n) is 4.68. The fraction of sp³-hybridized carbons (Fsp3) is 0.867. The first-order valence-electron chi connectivity index (χ1n) is 7.78. The second kappa shape index (κ2) is 6.58. The zero-order valence-corrected chi connectivity index (χ0v) is 13.5. The Morgan fingerprint density at radius 3 is 2.65 bits per heavy atom. The van der Waals surface area contributed by atoms with Crippen LogP contribution in [0.15, 0.2) is 12.2 Å². The molecule has 1 fully saturated rings. The molecule has 1 aliphatic carbocycles. The molecule has 0 saturated carbocycles. The van der Waals surface area contributed by atoms with E-state index in [0.717, 1.165) is 25.9 Å². The van der Waals surface area contributed by atoms with E-state index in [0.29, 0.717) is 18.4 Å². The van der Waals surface area contributed by atoms with Crippen molar-refractivity contribution in [3.8, 4) is 0 Å². The molecular formula is C15H27NO3S. The summed E-state index contributed by atoms with van der Waals surface area (Å²) in [5.74, 6) is 0.860. The van der Waals surface area contributed by atoms with Crippen LogP contribution in [-0.4, -0.2) is 32.9 Å². The summed E-state index contributed by atoms with van der Waals surface area (Å²) in [6, 6.07) is 0.00350. The first-order chi connectivity index (χ1) is 9.51. The largest absolute Gasteiger partial charge is 0.381 e. The molecule has 0 amide bonds. The zero-order valence-electron chi connectivity index (χ0n) is 12.7. The van der Waals surface area contributed by atoms with Gasteiger partial charge in [0.25, 0.3) is 0 Å². The number of sulfonamides is 1. The van der Waals surface area contributed by atoms with Crippen molar-refractivity contribution < 1.29 is 13.2 Å². The van der Waals surface area contributed by atoms with Gasteiger partial charge in [0.05, 0.1) is 11.9 Å². The molecule has 0 radical (unpaired) electrons. The van der Waals surface area contributed by atoms with Gasteiger partial charge in [-0.25, -0.2) is 13.1 Å². The molecule has 4 nitrogen and oxygen atoms in total. The van der Waals surface area contributed by atoms with Gasteiger partial charge in [-0.05, 0) is 31.6 Å². The van der Waals surface area contributed by atoms with Gasteiger partial charge < -0.3 is 4.74 Å². The van der Waals surface area contributed by atoms with Gasteiger partial charge >= 0.3 is 0 Å². The topological polar surface area (TPSA) is 55.4 Å². The van der Waals surface area contributed by atoms with E-state index in [1.807, 2.05) is 13.0 Å². The Morgan fingerprint density at radius 1 is 1.25 bits per heavy atom. The number of hydrogen-bond acceptors (Lipinski definition) is 3. The lowest BCUT2D eigenvalue weighted by molar-refractivity contribution is 0.0500. The summed E-state index contributed by atoms with van der Waals surface area (Å²) in [5.41, 5.74) is 0. The summed E-state index contributed by atoms with van der Waals surface area (Å²) in [7, 11) is -3.19. The van der Waals surface area contributed by atoms with Crippen molar-refractivity contribution in [1.29, 1.82) is 0 Å². The van der Waals surface area contributed by atoms with Crippen molar-refractivity contribution in [3.63, 3.8) is 0 Å². The van der Waals surface area contributed by atoms with Crippen LogP contribution in [-0.2, 0) is 14.8 Å². The van der Waals surface area contributed by atoms with Gasteiger partial charge in [0.15, 0.2) is 0 Å². The lowest BCUT2D eigenvalue weighted by Crippen LogP contribution is -2.40. The quantitative estimate of drug-likeness (QED) is 0.605. The molecule has 20 heavy (non-hydrogen) atoms. The Morgan fingerprint density at radius 2 is 2.00 bits per heavy atom. The Labute approximate surface area is 123 Å². The van der Waals surface area contributed by atoms with Crippen LogP contribution in [0.25, 0.3) is 0 Å². The zero-order chi connectivity index (χ0) is 14.8. The predicted molar refractivity (Wildman–Crippen MR) is 80.9 cm³/mol. The third-order valence-corrected chi connectivity index (χ3v) is 6.57. The van der Waals surface area contributed by atoms with Gasteiger partial charge in [0.1, 0.15) is 0 Å². The van der Waals surface area contributed by atoms with Crippen LogP contribution in [0.1, 0.15) is 40.0 Å². The second-order valence-electron chi connectivity index (χ2n) is 6.04. The highest BCUT2D eigenvalue weighted by Crippen LogP contribution is 2.41. The minimum absolute atomic E-state index is 0.00350. The highest BCUT2D eigenvalue weighted by atomic mass is 32.2. The van der Waals surface area contributed by atoms with Crippen LogP contribution in [0, 0.1) is 17.8 Å². The maximum absolute atomic E-state index is 12.1. The normalized spacial score (nSPS) is 38.9. The van der Waals surface area contributed by atoms with E-state index in [4.69, 9.17) is 4.74 Å². The summed E-state index contributed by atoms with van der Waals surface area (Å²) in [6.45, 7) is 7.74. The highest BCUT2D eigenvalue weighted by Gasteiger charge is 2.50. The first kappa shape index (κ1) is 16.0. The van der Waals surface area contributed by atoms with Crippen LogP contribution in [0.4, 0.5) is 0 Å². The Bertz CT molecular complexity index is 446. The molecule has 5 atom stereocenters. The maximum atomic E-state index is 12.1. The van der Waals surface area contributed by atoms with Crippen LogP contribution < -0.4 is 4.72 Å². The van der Waals surface area contributed by atoms with Crippen molar-refractivity contribution in [2.24, 2.45) is 17.8 Å². The smallest absolute Gasteiger partial charge is 0.218 e. The molecule has 1 heterocycles. The molecule has 5 heteroatoms. The molecule has 0 aromatic carbocycles. The monoisotopic (exact) mass is 301 g/mol. The SMILES string of the molecule is CCCCOC[C@@H]1[C@@H]2[C@@H](C)NS(=O)(=O)[C@H]2C=C[C@H]1CC. The summed E-state index contributed by atoms with van der Waals surface area (Å²) in [6.07, 6.45) is 7.22. The van der Waals surface area contributed by atoms with Crippen molar-refractivity contribution in [3.05, 3.63) is 12.2 Å². The number of nitrogens with one attached hydrogen (secondary N) is 1.